The van der Waals surface area contributed by atoms with E-state index in [9.17, 15) is 5.11 Å². The standard InChI is InChI=1S/C24H41N5O3.HI/c1-3-25-24(26-11-4-12-28-13-9-21(30)10-14-28)27-19-23(29-15-17-32-18-16-29)20-5-7-22(31-2)8-6-20;/h5-8,21,23,30H,3-4,9-19H2,1-2H3,(H2,25,26,27);1H. The molecular formula is C24H42IN5O3. The van der Waals surface area contributed by atoms with Crippen molar-refractivity contribution in [3.05, 3.63) is 29.8 Å². The van der Waals surface area contributed by atoms with Crippen LogP contribution >= 0.6 is 24.0 Å². The monoisotopic (exact) mass is 575 g/mol. The van der Waals surface area contributed by atoms with Gasteiger partial charge in [-0.25, -0.2) is 0 Å². The highest BCUT2D eigenvalue weighted by Gasteiger charge is 2.23. The van der Waals surface area contributed by atoms with Crippen LogP contribution in [-0.4, -0.2) is 99.7 Å². The van der Waals surface area contributed by atoms with E-state index in [1.165, 1.54) is 5.56 Å². The smallest absolute Gasteiger partial charge is 0.191 e. The van der Waals surface area contributed by atoms with Gasteiger partial charge in [0, 0.05) is 39.3 Å². The van der Waals surface area contributed by atoms with Gasteiger partial charge in [0.25, 0.3) is 0 Å². The normalized spacial score (nSPS) is 19.5. The zero-order valence-corrected chi connectivity index (χ0v) is 22.5. The molecule has 0 spiro atoms. The first-order valence-corrected chi connectivity index (χ1v) is 12.1. The molecule has 1 aromatic carbocycles. The number of halogens is 1. The van der Waals surface area contributed by atoms with Crippen molar-refractivity contribution in [2.45, 2.75) is 38.3 Å². The van der Waals surface area contributed by atoms with Gasteiger partial charge in [-0.05, 0) is 50.4 Å². The molecule has 33 heavy (non-hydrogen) atoms. The molecule has 1 aromatic rings. The average Bonchev–Trinajstić information content (AvgIpc) is 2.84. The van der Waals surface area contributed by atoms with Gasteiger partial charge >= 0.3 is 0 Å². The lowest BCUT2D eigenvalue weighted by molar-refractivity contribution is 0.0179. The van der Waals surface area contributed by atoms with E-state index >= 15 is 0 Å². The van der Waals surface area contributed by atoms with E-state index < -0.39 is 0 Å². The highest BCUT2D eigenvalue weighted by atomic mass is 127. The molecule has 3 N–H and O–H groups in total. The summed E-state index contributed by atoms with van der Waals surface area (Å²) < 4.78 is 10.9. The second kappa shape index (κ2) is 15.7. The highest BCUT2D eigenvalue weighted by molar-refractivity contribution is 14.0. The summed E-state index contributed by atoms with van der Waals surface area (Å²) in [5.41, 5.74) is 1.25. The van der Waals surface area contributed by atoms with Crippen LogP contribution in [0.5, 0.6) is 5.75 Å². The number of nitrogens with zero attached hydrogens (tertiary/aromatic N) is 3. The molecule has 0 amide bonds. The summed E-state index contributed by atoms with van der Waals surface area (Å²) in [6.07, 6.45) is 2.74. The summed E-state index contributed by atoms with van der Waals surface area (Å²) in [5.74, 6) is 1.74. The molecule has 9 heteroatoms. The lowest BCUT2D eigenvalue weighted by Gasteiger charge is -2.34. The molecule has 2 heterocycles. The Morgan fingerprint density at radius 3 is 2.48 bits per heavy atom. The lowest BCUT2D eigenvalue weighted by Crippen LogP contribution is -2.42. The Hall–Kier alpha value is -1.14. The van der Waals surface area contributed by atoms with Gasteiger partial charge in [-0.2, -0.15) is 0 Å². The summed E-state index contributed by atoms with van der Waals surface area (Å²) >= 11 is 0. The number of piperidine rings is 1. The molecule has 0 aliphatic carbocycles. The number of rotatable bonds is 10. The van der Waals surface area contributed by atoms with E-state index in [4.69, 9.17) is 14.5 Å². The first-order valence-electron chi connectivity index (χ1n) is 12.1. The quantitative estimate of drug-likeness (QED) is 0.171. The van der Waals surface area contributed by atoms with Crippen molar-refractivity contribution in [2.24, 2.45) is 4.99 Å². The first-order chi connectivity index (χ1) is 15.7. The first kappa shape index (κ1) is 28.1. The summed E-state index contributed by atoms with van der Waals surface area (Å²) in [6, 6.07) is 8.54. The predicted octanol–water partition coefficient (Wildman–Crippen LogP) is 2.09. The van der Waals surface area contributed by atoms with E-state index in [0.29, 0.717) is 6.54 Å². The van der Waals surface area contributed by atoms with E-state index in [2.05, 4.69) is 39.5 Å². The van der Waals surface area contributed by atoms with Crippen LogP contribution in [0, 0.1) is 0 Å². The Bertz CT molecular complexity index is 677. The maximum Gasteiger partial charge on any atom is 0.191 e. The molecule has 8 nitrogen and oxygen atoms in total. The minimum atomic E-state index is -0.109. The van der Waals surface area contributed by atoms with E-state index in [-0.39, 0.29) is 36.1 Å². The number of hydrogen-bond donors (Lipinski definition) is 3. The number of nitrogens with one attached hydrogen (secondary N) is 2. The van der Waals surface area contributed by atoms with Crippen LogP contribution in [0.1, 0.15) is 37.8 Å². The van der Waals surface area contributed by atoms with Gasteiger partial charge < -0.3 is 30.1 Å². The molecule has 0 radical (unpaired) electrons. The highest BCUT2D eigenvalue weighted by Crippen LogP contribution is 2.24. The third-order valence-corrected chi connectivity index (χ3v) is 6.25. The van der Waals surface area contributed by atoms with Crippen molar-refractivity contribution >= 4 is 29.9 Å². The molecule has 188 valence electrons. The van der Waals surface area contributed by atoms with Crippen molar-refractivity contribution in [3.63, 3.8) is 0 Å². The zero-order valence-electron chi connectivity index (χ0n) is 20.2. The van der Waals surface area contributed by atoms with E-state index in [1.54, 1.807) is 7.11 Å². The topological polar surface area (TPSA) is 81.6 Å². The Morgan fingerprint density at radius 2 is 1.85 bits per heavy atom. The summed E-state index contributed by atoms with van der Waals surface area (Å²) in [7, 11) is 1.70. The molecule has 2 saturated heterocycles. The molecule has 0 bridgehead atoms. The maximum atomic E-state index is 9.66. The molecule has 3 rings (SSSR count). The Morgan fingerprint density at radius 1 is 1.15 bits per heavy atom. The Balaban J connectivity index is 0.00000385. The van der Waals surface area contributed by atoms with Crippen LogP contribution in [0.15, 0.2) is 29.3 Å². The minimum absolute atomic E-state index is 0. The largest absolute Gasteiger partial charge is 0.497 e. The third kappa shape index (κ3) is 9.56. The number of hydrogen-bond acceptors (Lipinski definition) is 6. The van der Waals surface area contributed by atoms with E-state index in [1.807, 2.05) is 12.1 Å². The maximum absolute atomic E-state index is 9.66. The fourth-order valence-corrected chi connectivity index (χ4v) is 4.32. The fourth-order valence-electron chi connectivity index (χ4n) is 4.32. The fraction of sp³-hybridized carbons (Fsp3) is 0.708. The molecule has 2 aliphatic heterocycles. The number of guanidine groups is 1. The molecule has 0 saturated carbocycles. The number of morpholine rings is 1. The second-order valence-electron chi connectivity index (χ2n) is 8.51. The van der Waals surface area contributed by atoms with Crippen molar-refractivity contribution in [3.8, 4) is 5.75 Å². The Kier molecular flexibility index (Phi) is 13.4. The van der Waals surface area contributed by atoms with Crippen LogP contribution in [0.2, 0.25) is 0 Å². The zero-order chi connectivity index (χ0) is 22.6. The van der Waals surface area contributed by atoms with Gasteiger partial charge in [0.2, 0.25) is 0 Å². The molecule has 0 aromatic heterocycles. The molecule has 1 atom stereocenters. The lowest BCUT2D eigenvalue weighted by atomic mass is 10.0. The van der Waals surface area contributed by atoms with Crippen molar-refractivity contribution in [2.75, 3.05) is 72.7 Å². The predicted molar refractivity (Wildman–Crippen MR) is 144 cm³/mol. The summed E-state index contributed by atoms with van der Waals surface area (Å²) in [5, 5.41) is 16.5. The molecule has 1 unspecified atom stereocenters. The van der Waals surface area contributed by atoms with Gasteiger partial charge in [0.15, 0.2) is 5.96 Å². The number of aliphatic hydroxyl groups excluding tert-OH is 1. The molecular weight excluding hydrogens is 533 g/mol. The second-order valence-corrected chi connectivity index (χ2v) is 8.51. The number of aliphatic imine (C=N–C) groups is 1. The van der Waals surface area contributed by atoms with Crippen molar-refractivity contribution < 1.29 is 14.6 Å². The van der Waals surface area contributed by atoms with E-state index in [0.717, 1.165) is 90.0 Å². The van der Waals surface area contributed by atoms with Crippen LogP contribution in [0.25, 0.3) is 0 Å². The van der Waals surface area contributed by atoms with Crippen LogP contribution < -0.4 is 15.4 Å². The summed E-state index contributed by atoms with van der Waals surface area (Å²) in [6.45, 7) is 10.9. The number of ether oxygens (including phenoxy) is 2. The van der Waals surface area contributed by atoms with Crippen LogP contribution in [-0.2, 0) is 4.74 Å². The molecule has 2 aliphatic rings. The van der Waals surface area contributed by atoms with Gasteiger partial charge in [0.1, 0.15) is 5.75 Å². The van der Waals surface area contributed by atoms with Crippen molar-refractivity contribution in [1.82, 2.24) is 20.4 Å². The van der Waals surface area contributed by atoms with Crippen LogP contribution in [0.3, 0.4) is 0 Å². The van der Waals surface area contributed by atoms with Gasteiger partial charge in [-0.15, -0.1) is 24.0 Å². The van der Waals surface area contributed by atoms with Gasteiger partial charge in [-0.3, -0.25) is 9.89 Å². The minimum Gasteiger partial charge on any atom is -0.497 e. The number of aliphatic hydroxyl groups is 1. The van der Waals surface area contributed by atoms with Gasteiger partial charge in [-0.1, -0.05) is 12.1 Å². The number of methoxy groups -OCH3 is 1. The number of likely N-dealkylation sites (tertiary alicyclic amines) is 1. The SMILES string of the molecule is CCNC(=NCC(c1ccc(OC)cc1)N1CCOCC1)NCCCN1CCC(O)CC1.I. The third-order valence-electron chi connectivity index (χ3n) is 6.25. The van der Waals surface area contributed by atoms with Gasteiger partial charge in [0.05, 0.1) is 39.0 Å². The summed E-state index contributed by atoms with van der Waals surface area (Å²) in [4.78, 5) is 9.84. The number of benzene rings is 1. The average molecular weight is 576 g/mol. The molecule has 2 fully saturated rings. The van der Waals surface area contributed by atoms with Crippen molar-refractivity contribution in [1.29, 1.82) is 0 Å². The Labute approximate surface area is 216 Å². The van der Waals surface area contributed by atoms with Crippen LogP contribution in [0.4, 0.5) is 0 Å².